The monoisotopic (exact) mass is 348 g/mol. The van der Waals surface area contributed by atoms with E-state index in [-0.39, 0.29) is 11.9 Å². The first-order chi connectivity index (χ1) is 9.95. The Hall–Kier alpha value is -1.95. The Kier molecular flexibility index (Phi) is 4.90. The third kappa shape index (κ3) is 4.26. The van der Waals surface area contributed by atoms with Crippen LogP contribution in [-0.2, 0) is 0 Å². The Bertz CT molecular complexity index is 658. The maximum absolute atomic E-state index is 11.9. The number of aromatic nitrogens is 2. The maximum atomic E-state index is 11.9. The summed E-state index contributed by atoms with van der Waals surface area (Å²) in [5, 5.41) is 5.90. The lowest BCUT2D eigenvalue weighted by Gasteiger charge is -2.10. The number of halogens is 1. The van der Waals surface area contributed by atoms with Gasteiger partial charge in [0.05, 0.1) is 0 Å². The standard InChI is InChI=1S/C15H17BrN4O/c1-9(2)18-14(21)13-6-7-17-15(20-13)19-11-4-5-12(16)10(3)8-11/h4-9H,1-3H3,(H,18,21)(H,17,19,20). The molecule has 1 amide bonds. The number of nitrogens with one attached hydrogen (secondary N) is 2. The van der Waals surface area contributed by atoms with Gasteiger partial charge >= 0.3 is 0 Å². The van der Waals surface area contributed by atoms with E-state index < -0.39 is 0 Å². The summed E-state index contributed by atoms with van der Waals surface area (Å²) < 4.78 is 1.04. The number of hydrogen-bond donors (Lipinski definition) is 2. The van der Waals surface area contributed by atoms with Crippen LogP contribution in [0.1, 0.15) is 29.9 Å². The van der Waals surface area contributed by atoms with Gasteiger partial charge in [0.15, 0.2) is 0 Å². The molecular formula is C15H17BrN4O. The second kappa shape index (κ2) is 6.67. The zero-order valence-electron chi connectivity index (χ0n) is 12.1. The second-order valence-corrected chi connectivity index (χ2v) is 5.84. The highest BCUT2D eigenvalue weighted by molar-refractivity contribution is 9.10. The van der Waals surface area contributed by atoms with Crippen LogP contribution in [0.15, 0.2) is 34.9 Å². The van der Waals surface area contributed by atoms with Crippen molar-refractivity contribution < 1.29 is 4.79 Å². The zero-order valence-corrected chi connectivity index (χ0v) is 13.7. The minimum atomic E-state index is -0.206. The molecule has 1 aromatic heterocycles. The molecular weight excluding hydrogens is 332 g/mol. The fraction of sp³-hybridized carbons (Fsp3) is 0.267. The van der Waals surface area contributed by atoms with Crippen molar-refractivity contribution in [3.8, 4) is 0 Å². The molecule has 0 aliphatic heterocycles. The number of carbonyl (C=O) groups excluding carboxylic acids is 1. The van der Waals surface area contributed by atoms with Crippen LogP contribution < -0.4 is 10.6 Å². The molecule has 6 heteroatoms. The van der Waals surface area contributed by atoms with E-state index in [0.717, 1.165) is 15.7 Å². The molecule has 0 bridgehead atoms. The summed E-state index contributed by atoms with van der Waals surface area (Å²) in [5.41, 5.74) is 2.32. The third-order valence-electron chi connectivity index (χ3n) is 2.72. The van der Waals surface area contributed by atoms with E-state index in [1.807, 2.05) is 39.0 Å². The number of benzene rings is 1. The molecule has 0 atom stereocenters. The van der Waals surface area contributed by atoms with Crippen LogP contribution in [0.2, 0.25) is 0 Å². The van der Waals surface area contributed by atoms with Gasteiger partial charge in [-0.25, -0.2) is 9.97 Å². The van der Waals surface area contributed by atoms with Gasteiger partial charge in [0, 0.05) is 22.4 Å². The highest BCUT2D eigenvalue weighted by Gasteiger charge is 2.10. The predicted molar refractivity (Wildman–Crippen MR) is 86.8 cm³/mol. The molecule has 110 valence electrons. The minimum Gasteiger partial charge on any atom is -0.349 e. The number of hydrogen-bond acceptors (Lipinski definition) is 4. The van der Waals surface area contributed by atoms with Gasteiger partial charge in [0.2, 0.25) is 5.95 Å². The third-order valence-corrected chi connectivity index (χ3v) is 3.61. The summed E-state index contributed by atoms with van der Waals surface area (Å²) in [6, 6.07) is 7.51. The van der Waals surface area contributed by atoms with Gasteiger partial charge in [0.1, 0.15) is 5.69 Å². The first-order valence-corrected chi connectivity index (χ1v) is 7.42. The van der Waals surface area contributed by atoms with Crippen LogP contribution in [0.3, 0.4) is 0 Å². The first kappa shape index (κ1) is 15.4. The number of carbonyl (C=O) groups is 1. The van der Waals surface area contributed by atoms with Gasteiger partial charge in [-0.15, -0.1) is 0 Å². The summed E-state index contributed by atoms with van der Waals surface area (Å²) in [4.78, 5) is 20.3. The molecule has 2 rings (SSSR count). The van der Waals surface area contributed by atoms with Crippen molar-refractivity contribution in [1.29, 1.82) is 0 Å². The molecule has 0 saturated heterocycles. The average molecular weight is 349 g/mol. The Labute approximate surface area is 132 Å². The van der Waals surface area contributed by atoms with Gasteiger partial charge in [-0.3, -0.25) is 4.79 Å². The van der Waals surface area contributed by atoms with Crippen molar-refractivity contribution in [2.45, 2.75) is 26.8 Å². The lowest BCUT2D eigenvalue weighted by Crippen LogP contribution is -2.30. The molecule has 0 radical (unpaired) electrons. The summed E-state index contributed by atoms with van der Waals surface area (Å²) in [6.45, 7) is 5.81. The van der Waals surface area contributed by atoms with Gasteiger partial charge < -0.3 is 10.6 Å². The fourth-order valence-electron chi connectivity index (χ4n) is 1.73. The van der Waals surface area contributed by atoms with Gasteiger partial charge in [-0.05, 0) is 50.6 Å². The first-order valence-electron chi connectivity index (χ1n) is 6.63. The van der Waals surface area contributed by atoms with E-state index in [0.29, 0.717) is 11.6 Å². The van der Waals surface area contributed by atoms with Crippen LogP contribution >= 0.6 is 15.9 Å². The lowest BCUT2D eigenvalue weighted by molar-refractivity contribution is 0.0938. The smallest absolute Gasteiger partial charge is 0.270 e. The minimum absolute atomic E-state index is 0.0676. The summed E-state index contributed by atoms with van der Waals surface area (Å²) >= 11 is 3.46. The van der Waals surface area contributed by atoms with Crippen molar-refractivity contribution in [1.82, 2.24) is 15.3 Å². The molecule has 21 heavy (non-hydrogen) atoms. The summed E-state index contributed by atoms with van der Waals surface area (Å²) in [5.74, 6) is 0.190. The van der Waals surface area contributed by atoms with E-state index in [1.54, 1.807) is 12.3 Å². The van der Waals surface area contributed by atoms with Crippen molar-refractivity contribution in [3.63, 3.8) is 0 Å². The normalized spacial score (nSPS) is 10.5. The number of nitrogens with zero attached hydrogens (tertiary/aromatic N) is 2. The average Bonchev–Trinajstić information content (AvgIpc) is 2.42. The van der Waals surface area contributed by atoms with Crippen LogP contribution in [0.4, 0.5) is 11.6 Å². The van der Waals surface area contributed by atoms with E-state index in [9.17, 15) is 4.79 Å². The molecule has 2 N–H and O–H groups in total. The summed E-state index contributed by atoms with van der Waals surface area (Å²) in [6.07, 6.45) is 1.57. The highest BCUT2D eigenvalue weighted by Crippen LogP contribution is 2.21. The van der Waals surface area contributed by atoms with Crippen LogP contribution in [0.5, 0.6) is 0 Å². The molecule has 1 aromatic carbocycles. The maximum Gasteiger partial charge on any atom is 0.270 e. The molecule has 0 spiro atoms. The molecule has 0 saturated carbocycles. The van der Waals surface area contributed by atoms with Crippen molar-refractivity contribution in [2.75, 3.05) is 5.32 Å². The summed E-state index contributed by atoms with van der Waals surface area (Å²) in [7, 11) is 0. The fourth-order valence-corrected chi connectivity index (χ4v) is 1.98. The molecule has 0 aliphatic rings. The van der Waals surface area contributed by atoms with Crippen LogP contribution in [0, 0.1) is 6.92 Å². The van der Waals surface area contributed by atoms with Crippen molar-refractivity contribution >= 4 is 33.5 Å². The largest absolute Gasteiger partial charge is 0.349 e. The highest BCUT2D eigenvalue weighted by atomic mass is 79.9. The molecule has 0 fully saturated rings. The van der Waals surface area contributed by atoms with Gasteiger partial charge in [0.25, 0.3) is 5.91 Å². The predicted octanol–water partition coefficient (Wildman–Crippen LogP) is 3.43. The lowest BCUT2D eigenvalue weighted by atomic mass is 10.2. The van der Waals surface area contributed by atoms with E-state index in [2.05, 4.69) is 36.5 Å². The molecule has 2 aromatic rings. The Morgan fingerprint density at radius 1 is 1.29 bits per heavy atom. The molecule has 5 nitrogen and oxygen atoms in total. The van der Waals surface area contributed by atoms with E-state index >= 15 is 0 Å². The Morgan fingerprint density at radius 2 is 2.05 bits per heavy atom. The number of anilines is 2. The molecule has 0 unspecified atom stereocenters. The topological polar surface area (TPSA) is 66.9 Å². The SMILES string of the molecule is Cc1cc(Nc2nccc(C(=O)NC(C)C)n2)ccc1Br. The number of aryl methyl sites for hydroxylation is 1. The van der Waals surface area contributed by atoms with Crippen molar-refractivity contribution in [3.05, 3.63) is 46.2 Å². The zero-order chi connectivity index (χ0) is 15.4. The molecule has 0 aliphatic carbocycles. The van der Waals surface area contributed by atoms with E-state index in [4.69, 9.17) is 0 Å². The van der Waals surface area contributed by atoms with E-state index in [1.165, 1.54) is 0 Å². The van der Waals surface area contributed by atoms with Crippen LogP contribution in [-0.4, -0.2) is 21.9 Å². The number of rotatable bonds is 4. The quantitative estimate of drug-likeness (QED) is 0.888. The number of amides is 1. The Morgan fingerprint density at radius 3 is 2.71 bits per heavy atom. The Balaban J connectivity index is 2.17. The second-order valence-electron chi connectivity index (χ2n) is 4.98. The van der Waals surface area contributed by atoms with Gasteiger partial charge in [-0.2, -0.15) is 0 Å². The molecule has 1 heterocycles. The van der Waals surface area contributed by atoms with Crippen molar-refractivity contribution in [2.24, 2.45) is 0 Å². The van der Waals surface area contributed by atoms with Crippen LogP contribution in [0.25, 0.3) is 0 Å². The van der Waals surface area contributed by atoms with Gasteiger partial charge in [-0.1, -0.05) is 15.9 Å².